The minimum absolute atomic E-state index is 0.282. The third-order valence-electron chi connectivity index (χ3n) is 5.90. The van der Waals surface area contributed by atoms with Gasteiger partial charge in [0.25, 0.3) is 6.42 Å². The fraction of sp³-hybridized carbons (Fsp3) is 0.368. The molecule has 2 aromatic rings. The van der Waals surface area contributed by atoms with Crippen molar-refractivity contribution in [3.63, 3.8) is 0 Å². The summed E-state index contributed by atoms with van der Waals surface area (Å²) in [6, 6.07) is 7.75. The number of anilines is 2. The molecule has 29 heavy (non-hydrogen) atoms. The van der Waals surface area contributed by atoms with Crippen molar-refractivity contribution < 1.29 is 8.91 Å². The van der Waals surface area contributed by atoms with E-state index >= 15 is 4.39 Å². The summed E-state index contributed by atoms with van der Waals surface area (Å²) in [5, 5.41) is 16.9. The molecule has 2 unspecified atom stereocenters. The third-order valence-corrected chi connectivity index (χ3v) is 5.90. The van der Waals surface area contributed by atoms with E-state index in [0.29, 0.717) is 23.3 Å². The molecule has 10 heteroatoms. The number of para-hydroxylation sites is 1. The van der Waals surface area contributed by atoms with E-state index in [9.17, 15) is 5.26 Å². The second-order valence-corrected chi connectivity index (χ2v) is 7.48. The first kappa shape index (κ1) is 16.4. The van der Waals surface area contributed by atoms with Crippen LogP contribution < -0.4 is 9.91 Å². The van der Waals surface area contributed by atoms with Gasteiger partial charge in [-0.2, -0.15) is 19.6 Å². The summed E-state index contributed by atoms with van der Waals surface area (Å²) in [4.78, 5) is 11.7. The Kier molecular flexibility index (Phi) is 3.35. The van der Waals surface area contributed by atoms with Gasteiger partial charge in [-0.3, -0.25) is 4.90 Å². The molecule has 4 heterocycles. The lowest BCUT2D eigenvalue weighted by Gasteiger charge is -2.41. The van der Waals surface area contributed by atoms with E-state index in [1.54, 1.807) is 16.4 Å². The zero-order valence-electron chi connectivity index (χ0n) is 15.4. The Hall–Kier alpha value is -3.61. The van der Waals surface area contributed by atoms with Gasteiger partial charge in [-0.05, 0) is 18.9 Å². The lowest BCUT2D eigenvalue weighted by atomic mass is 10.1. The number of nitriles is 1. The molecule has 1 saturated carbocycles. The van der Waals surface area contributed by atoms with E-state index in [1.807, 2.05) is 30.5 Å². The molecule has 0 N–H and O–H groups in total. The van der Waals surface area contributed by atoms with Crippen LogP contribution in [0.1, 0.15) is 49.2 Å². The number of nitrogens with zero attached hydrogens (tertiary/aromatic N) is 8. The summed E-state index contributed by atoms with van der Waals surface area (Å²) in [5.41, 5.74) is 1.52. The number of halogens is 1. The molecule has 0 bridgehead atoms. The fourth-order valence-corrected chi connectivity index (χ4v) is 4.51. The lowest BCUT2D eigenvalue weighted by molar-refractivity contribution is 0.190. The highest BCUT2D eigenvalue weighted by atomic mass is 19.1. The van der Waals surface area contributed by atoms with E-state index in [2.05, 4.69) is 15.1 Å². The summed E-state index contributed by atoms with van der Waals surface area (Å²) in [5.74, 6) is 1.50. The molecule has 6 rings (SSSR count). The zero-order valence-corrected chi connectivity index (χ0v) is 15.4. The smallest absolute Gasteiger partial charge is 0.313 e. The minimum Gasteiger partial charge on any atom is -0.313 e. The Morgan fingerprint density at radius 2 is 2.03 bits per heavy atom. The van der Waals surface area contributed by atoms with Gasteiger partial charge >= 0.3 is 6.01 Å². The summed E-state index contributed by atoms with van der Waals surface area (Å²) in [6.45, 7) is 0. The highest BCUT2D eigenvalue weighted by Gasteiger charge is 2.49. The van der Waals surface area contributed by atoms with Gasteiger partial charge in [0.05, 0.1) is 11.9 Å². The monoisotopic (exact) mass is 392 g/mol. The van der Waals surface area contributed by atoms with Gasteiger partial charge < -0.3 is 4.52 Å². The molecule has 1 fully saturated rings. The number of hydrazine groups is 1. The standard InChI is InChI=1S/C19H17FN8O/c20-18-25(10-21)9-15-27(18)14-8-4-3-7-13(14)17-22-11-26(28(15)17)19-23-16(24-29-19)12-5-1-2-6-12/h3-4,7-9,11-12,17-18H,1-2,5-6H2. The van der Waals surface area contributed by atoms with Crippen molar-refractivity contribution in [3.05, 3.63) is 47.7 Å². The van der Waals surface area contributed by atoms with Gasteiger partial charge in [-0.1, -0.05) is 36.2 Å². The van der Waals surface area contributed by atoms with Gasteiger partial charge in [-0.15, -0.1) is 0 Å². The molecule has 0 amide bonds. The Morgan fingerprint density at radius 1 is 1.21 bits per heavy atom. The normalized spacial score (nSPS) is 25.2. The molecule has 1 aliphatic carbocycles. The summed E-state index contributed by atoms with van der Waals surface area (Å²) >= 11 is 0. The second kappa shape index (κ2) is 5.94. The second-order valence-electron chi connectivity index (χ2n) is 7.48. The minimum atomic E-state index is -1.63. The average Bonchev–Trinajstić information content (AvgIpc) is 3.52. The first-order valence-electron chi connectivity index (χ1n) is 9.63. The van der Waals surface area contributed by atoms with Gasteiger partial charge in [0, 0.05) is 11.5 Å². The highest BCUT2D eigenvalue weighted by Crippen LogP contribution is 2.48. The van der Waals surface area contributed by atoms with Gasteiger partial charge in [-0.25, -0.2) is 14.9 Å². The van der Waals surface area contributed by atoms with Crippen LogP contribution in [0.3, 0.4) is 0 Å². The molecule has 1 aromatic carbocycles. The van der Waals surface area contributed by atoms with Crippen molar-refractivity contribution in [2.75, 3.05) is 9.91 Å². The Bertz CT molecular complexity index is 1070. The molecule has 0 spiro atoms. The topological polar surface area (TPSA) is 88.0 Å². The predicted octanol–water partition coefficient (Wildman–Crippen LogP) is 3.16. The Balaban J connectivity index is 1.42. The number of fused-ring (bicyclic) bond motifs is 6. The van der Waals surface area contributed by atoms with Gasteiger partial charge in [0.1, 0.15) is 6.34 Å². The number of hydrogen-bond donors (Lipinski definition) is 0. The molecule has 3 aliphatic heterocycles. The number of aromatic nitrogens is 2. The van der Waals surface area contributed by atoms with Crippen LogP contribution in [0.15, 0.2) is 45.8 Å². The molecule has 2 atom stereocenters. The van der Waals surface area contributed by atoms with E-state index in [0.717, 1.165) is 23.3 Å². The number of hydrogen-bond acceptors (Lipinski definition) is 9. The van der Waals surface area contributed by atoms with Crippen molar-refractivity contribution in [3.8, 4) is 6.19 Å². The number of rotatable bonds is 2. The predicted molar refractivity (Wildman–Crippen MR) is 100 cm³/mol. The maximum atomic E-state index is 15.0. The zero-order chi connectivity index (χ0) is 19.5. The molecule has 0 radical (unpaired) electrons. The molecular weight excluding hydrogens is 375 g/mol. The third kappa shape index (κ3) is 2.21. The summed E-state index contributed by atoms with van der Waals surface area (Å²) < 4.78 is 20.6. The molecule has 0 saturated heterocycles. The van der Waals surface area contributed by atoms with E-state index < -0.39 is 12.6 Å². The number of aliphatic imine (C=N–C) groups is 1. The molecular formula is C19H17FN8O. The van der Waals surface area contributed by atoms with E-state index in [4.69, 9.17) is 4.52 Å². The van der Waals surface area contributed by atoms with Crippen LogP contribution in [0.2, 0.25) is 0 Å². The van der Waals surface area contributed by atoms with Crippen molar-refractivity contribution >= 4 is 18.0 Å². The lowest BCUT2D eigenvalue weighted by Crippen LogP contribution is -2.48. The SMILES string of the molecule is N#CN1C=C2N(c3ccccc3C3N=CN(c4nc(C5CCCC5)no4)N23)C1F. The van der Waals surface area contributed by atoms with Crippen LogP contribution >= 0.6 is 0 Å². The van der Waals surface area contributed by atoms with Crippen LogP contribution in [-0.4, -0.2) is 32.8 Å². The molecule has 4 aliphatic rings. The largest absolute Gasteiger partial charge is 0.348 e. The fourth-order valence-electron chi connectivity index (χ4n) is 4.51. The van der Waals surface area contributed by atoms with Crippen molar-refractivity contribution in [2.45, 2.75) is 44.2 Å². The number of benzene rings is 1. The van der Waals surface area contributed by atoms with E-state index in [-0.39, 0.29) is 6.01 Å². The quantitative estimate of drug-likeness (QED) is 0.569. The summed E-state index contributed by atoms with van der Waals surface area (Å²) in [6.07, 6.45) is 7.41. The van der Waals surface area contributed by atoms with Gasteiger partial charge in [0.2, 0.25) is 0 Å². The van der Waals surface area contributed by atoms with E-state index in [1.165, 1.54) is 23.9 Å². The van der Waals surface area contributed by atoms with Crippen molar-refractivity contribution in [1.29, 1.82) is 5.26 Å². The number of alkyl halides is 1. The van der Waals surface area contributed by atoms with Crippen molar-refractivity contribution in [2.24, 2.45) is 4.99 Å². The highest BCUT2D eigenvalue weighted by molar-refractivity contribution is 5.79. The first-order chi connectivity index (χ1) is 14.3. The Labute approximate surface area is 165 Å². The van der Waals surface area contributed by atoms with Gasteiger partial charge in [0.15, 0.2) is 24.0 Å². The van der Waals surface area contributed by atoms with Crippen LogP contribution in [-0.2, 0) is 0 Å². The van der Waals surface area contributed by atoms with Crippen LogP contribution in [0.4, 0.5) is 16.1 Å². The maximum Gasteiger partial charge on any atom is 0.348 e. The molecule has 1 aromatic heterocycles. The van der Waals surface area contributed by atoms with Crippen LogP contribution in [0, 0.1) is 11.5 Å². The van der Waals surface area contributed by atoms with Crippen LogP contribution in [0.5, 0.6) is 0 Å². The maximum absolute atomic E-state index is 15.0. The van der Waals surface area contributed by atoms with Crippen LogP contribution in [0.25, 0.3) is 0 Å². The first-order valence-corrected chi connectivity index (χ1v) is 9.63. The molecule has 9 nitrogen and oxygen atoms in total. The summed E-state index contributed by atoms with van der Waals surface area (Å²) in [7, 11) is 0. The van der Waals surface area contributed by atoms with Crippen molar-refractivity contribution in [1.82, 2.24) is 20.0 Å². The molecule has 146 valence electrons. The Morgan fingerprint density at radius 3 is 2.86 bits per heavy atom. The average molecular weight is 392 g/mol.